The minimum atomic E-state index is -0.266. The van der Waals surface area contributed by atoms with Crippen molar-refractivity contribution in [2.24, 2.45) is 0 Å². The topological polar surface area (TPSA) is 55.8 Å². The van der Waals surface area contributed by atoms with Crippen molar-refractivity contribution in [1.82, 2.24) is 0 Å². The van der Waals surface area contributed by atoms with Gasteiger partial charge in [-0.2, -0.15) is 0 Å². The van der Waals surface area contributed by atoms with E-state index in [2.05, 4.69) is 41.5 Å². The van der Waals surface area contributed by atoms with Crippen molar-refractivity contribution < 1.29 is 19.4 Å². The summed E-state index contributed by atoms with van der Waals surface area (Å²) in [5, 5.41) is 13.0. The molecule has 5 heteroatoms. The minimum absolute atomic E-state index is 0.0903. The molecule has 0 aliphatic rings. The van der Waals surface area contributed by atoms with E-state index in [4.69, 9.17) is 9.47 Å². The summed E-state index contributed by atoms with van der Waals surface area (Å²) in [6.07, 6.45) is 0.174. The smallest absolute Gasteiger partial charge is 0.174 e. The largest absolute Gasteiger partial charge is 0.507 e. The molecule has 176 valence electrons. The van der Waals surface area contributed by atoms with Crippen LogP contribution in [0.25, 0.3) is 10.4 Å². The van der Waals surface area contributed by atoms with Gasteiger partial charge in [0.15, 0.2) is 5.78 Å². The number of hydrogen-bond donors (Lipinski definition) is 1. The number of ether oxygens (including phenoxy) is 2. The molecule has 0 saturated carbocycles. The molecule has 1 N–H and O–H groups in total. The van der Waals surface area contributed by atoms with Gasteiger partial charge in [-0.25, -0.2) is 0 Å². The number of carbonyl (C=O) groups excluding carboxylic acids is 1. The van der Waals surface area contributed by atoms with Crippen molar-refractivity contribution in [2.45, 2.75) is 58.8 Å². The molecule has 1 aromatic heterocycles. The zero-order valence-electron chi connectivity index (χ0n) is 20.8. The lowest BCUT2D eigenvalue weighted by Crippen LogP contribution is -2.18. The monoisotopic (exact) mass is 466 g/mol. The highest BCUT2D eigenvalue weighted by Gasteiger charge is 2.28. The van der Waals surface area contributed by atoms with Crippen LogP contribution in [0.3, 0.4) is 0 Å². The highest BCUT2D eigenvalue weighted by molar-refractivity contribution is 7.13. The summed E-state index contributed by atoms with van der Waals surface area (Å²) in [6, 6.07) is 11.6. The lowest BCUT2D eigenvalue weighted by molar-refractivity contribution is 0.0987. The van der Waals surface area contributed by atoms with Gasteiger partial charge in [-0.15, -0.1) is 11.3 Å². The average molecular weight is 467 g/mol. The summed E-state index contributed by atoms with van der Waals surface area (Å²) in [5.74, 6) is 1.23. The molecular formula is C28H34O4S. The molecule has 0 atom stereocenters. The summed E-state index contributed by atoms with van der Waals surface area (Å²) in [4.78, 5) is 14.7. The van der Waals surface area contributed by atoms with E-state index in [0.29, 0.717) is 22.8 Å². The third-order valence-electron chi connectivity index (χ3n) is 5.76. The van der Waals surface area contributed by atoms with Crippen LogP contribution < -0.4 is 9.47 Å². The number of phenolic OH excluding ortho intramolecular Hbond substituents is 1. The summed E-state index contributed by atoms with van der Waals surface area (Å²) in [6.45, 7) is 12.4. The zero-order chi connectivity index (χ0) is 24.6. The van der Waals surface area contributed by atoms with Crippen LogP contribution in [0, 0.1) is 0 Å². The quantitative estimate of drug-likeness (QED) is 0.392. The zero-order valence-corrected chi connectivity index (χ0v) is 21.6. The number of carbonyl (C=O) groups is 1. The van der Waals surface area contributed by atoms with Crippen molar-refractivity contribution in [3.8, 4) is 27.7 Å². The maximum Gasteiger partial charge on any atom is 0.174 e. The van der Waals surface area contributed by atoms with Crippen LogP contribution in [0.1, 0.15) is 68.6 Å². The van der Waals surface area contributed by atoms with Crippen LogP contribution in [-0.4, -0.2) is 25.1 Å². The molecule has 0 fully saturated rings. The first kappa shape index (κ1) is 24.8. The van der Waals surface area contributed by atoms with Crippen LogP contribution in [0.15, 0.2) is 41.8 Å². The van der Waals surface area contributed by atoms with Crippen molar-refractivity contribution >= 4 is 17.1 Å². The van der Waals surface area contributed by atoms with Gasteiger partial charge >= 0.3 is 0 Å². The fourth-order valence-electron chi connectivity index (χ4n) is 4.05. The number of ketones is 1. The van der Waals surface area contributed by atoms with Gasteiger partial charge in [-0.3, -0.25) is 4.79 Å². The predicted molar refractivity (Wildman–Crippen MR) is 136 cm³/mol. The van der Waals surface area contributed by atoms with Gasteiger partial charge in [0.25, 0.3) is 0 Å². The average Bonchev–Trinajstić information content (AvgIpc) is 3.26. The van der Waals surface area contributed by atoms with E-state index >= 15 is 0 Å². The van der Waals surface area contributed by atoms with E-state index in [-0.39, 0.29) is 23.0 Å². The molecule has 4 nitrogen and oxygen atoms in total. The normalized spacial score (nSPS) is 12.0. The second-order valence-electron chi connectivity index (χ2n) is 10.3. The maximum atomic E-state index is 13.7. The summed E-state index contributed by atoms with van der Waals surface area (Å²) >= 11 is 1.59. The van der Waals surface area contributed by atoms with Gasteiger partial charge < -0.3 is 14.6 Å². The number of Topliss-reactive ketones (excluding diaryl/α,β-unsaturated/α-hetero) is 1. The lowest BCUT2D eigenvalue weighted by Gasteiger charge is -2.28. The fourth-order valence-corrected chi connectivity index (χ4v) is 4.80. The number of thiophene rings is 1. The Kier molecular flexibility index (Phi) is 6.94. The van der Waals surface area contributed by atoms with Crippen LogP contribution in [0.2, 0.25) is 0 Å². The molecule has 0 unspecified atom stereocenters. The van der Waals surface area contributed by atoms with Gasteiger partial charge in [0.1, 0.15) is 22.8 Å². The Morgan fingerprint density at radius 1 is 0.939 bits per heavy atom. The Balaban J connectivity index is 2.14. The SMILES string of the molecule is COc1ccc(-c2cccs2)c(OC)c1C(=O)Cc1cc(C(C)(C)C)c(O)c(C(C)(C)C)c1. The Hall–Kier alpha value is -2.79. The molecule has 2 aromatic carbocycles. The van der Waals surface area contributed by atoms with Gasteiger partial charge in [-0.05, 0) is 51.1 Å². The molecule has 3 aromatic rings. The van der Waals surface area contributed by atoms with Gasteiger partial charge in [0.05, 0.1) is 14.2 Å². The Bertz CT molecular complexity index is 1110. The summed E-state index contributed by atoms with van der Waals surface area (Å²) in [5.41, 5.74) is 3.31. The number of aromatic hydroxyl groups is 1. The highest BCUT2D eigenvalue weighted by atomic mass is 32.1. The number of phenols is 1. The molecule has 1 heterocycles. The molecule has 3 rings (SSSR count). The van der Waals surface area contributed by atoms with Crippen LogP contribution in [-0.2, 0) is 17.3 Å². The van der Waals surface area contributed by atoms with Crippen molar-refractivity contribution in [2.75, 3.05) is 14.2 Å². The number of benzene rings is 2. The first-order valence-corrected chi connectivity index (χ1v) is 11.9. The van der Waals surface area contributed by atoms with Gasteiger partial charge in [0, 0.05) is 16.9 Å². The standard InChI is InChI=1S/C28H34O4S/c1-27(2,3)19-14-17(15-20(25(19)30)28(4,5)6)16-21(29)24-22(31-7)12-11-18(26(24)32-8)23-10-9-13-33-23/h9-15,30H,16H2,1-8H3. The fraction of sp³-hybridized carbons (Fsp3) is 0.393. The molecule has 0 spiro atoms. The first-order chi connectivity index (χ1) is 15.4. The van der Waals surface area contributed by atoms with E-state index in [9.17, 15) is 9.90 Å². The van der Waals surface area contributed by atoms with E-state index in [1.165, 1.54) is 0 Å². The van der Waals surface area contributed by atoms with Crippen LogP contribution >= 0.6 is 11.3 Å². The van der Waals surface area contributed by atoms with E-state index in [0.717, 1.165) is 27.1 Å². The summed E-state index contributed by atoms with van der Waals surface area (Å²) in [7, 11) is 3.14. The van der Waals surface area contributed by atoms with Gasteiger partial charge in [-0.1, -0.05) is 59.7 Å². The number of methoxy groups -OCH3 is 2. The molecule has 0 saturated heterocycles. The Morgan fingerprint density at radius 2 is 1.55 bits per heavy atom. The predicted octanol–water partition coefficient (Wildman–Crippen LogP) is 7.16. The number of rotatable bonds is 6. The second-order valence-corrected chi connectivity index (χ2v) is 11.3. The van der Waals surface area contributed by atoms with E-state index < -0.39 is 0 Å². The maximum absolute atomic E-state index is 13.7. The third-order valence-corrected chi connectivity index (χ3v) is 6.66. The van der Waals surface area contributed by atoms with E-state index in [1.807, 2.05) is 41.8 Å². The van der Waals surface area contributed by atoms with Crippen molar-refractivity contribution in [1.29, 1.82) is 0 Å². The molecule has 0 amide bonds. The van der Waals surface area contributed by atoms with Crippen LogP contribution in [0.5, 0.6) is 17.2 Å². The highest BCUT2D eigenvalue weighted by Crippen LogP contribution is 2.42. The number of hydrogen-bond acceptors (Lipinski definition) is 5. The third kappa shape index (κ3) is 5.09. The Labute approximate surface area is 201 Å². The van der Waals surface area contributed by atoms with E-state index in [1.54, 1.807) is 25.6 Å². The molecule has 0 aliphatic carbocycles. The molecule has 0 bridgehead atoms. The second kappa shape index (κ2) is 9.22. The van der Waals surface area contributed by atoms with Crippen molar-refractivity contribution in [3.05, 3.63) is 64.0 Å². The van der Waals surface area contributed by atoms with Crippen molar-refractivity contribution in [3.63, 3.8) is 0 Å². The van der Waals surface area contributed by atoms with Crippen LogP contribution in [0.4, 0.5) is 0 Å². The molecule has 33 heavy (non-hydrogen) atoms. The lowest BCUT2D eigenvalue weighted by atomic mass is 9.78. The van der Waals surface area contributed by atoms with Gasteiger partial charge in [0.2, 0.25) is 0 Å². The first-order valence-electron chi connectivity index (χ1n) is 11.1. The molecule has 0 aliphatic heterocycles. The molecule has 0 radical (unpaired) electrons. The summed E-state index contributed by atoms with van der Waals surface area (Å²) < 4.78 is 11.3. The molecular weight excluding hydrogens is 432 g/mol. The Morgan fingerprint density at radius 3 is 2.00 bits per heavy atom. The minimum Gasteiger partial charge on any atom is -0.507 e.